The van der Waals surface area contributed by atoms with Crippen LogP contribution in [0, 0.1) is 5.92 Å². The normalized spacial score (nSPS) is 19.1. The van der Waals surface area contributed by atoms with Crippen molar-refractivity contribution in [3.05, 3.63) is 42.4 Å². The zero-order valence-electron chi connectivity index (χ0n) is 19.7. The Balaban J connectivity index is 1.96. The Morgan fingerprint density at radius 1 is 1.36 bits per heavy atom. The number of aliphatic hydroxyl groups is 1. The van der Waals surface area contributed by atoms with Crippen LogP contribution in [0.15, 0.2) is 36.8 Å². The molecule has 178 valence electrons. The molecule has 0 fully saturated rings. The summed E-state index contributed by atoms with van der Waals surface area (Å²) in [7, 11) is 1.72. The van der Waals surface area contributed by atoms with Gasteiger partial charge in [-0.1, -0.05) is 13.8 Å². The van der Waals surface area contributed by atoms with Crippen LogP contribution in [0.25, 0.3) is 11.1 Å². The third kappa shape index (κ3) is 5.78. The first-order chi connectivity index (χ1) is 15.8. The van der Waals surface area contributed by atoms with Crippen molar-refractivity contribution in [3.63, 3.8) is 0 Å². The third-order valence-electron chi connectivity index (χ3n) is 5.86. The van der Waals surface area contributed by atoms with E-state index in [4.69, 9.17) is 4.74 Å². The number of hydrogen-bond donors (Lipinski definition) is 2. The zero-order chi connectivity index (χ0) is 24.0. The minimum Gasteiger partial charge on any atom is -0.472 e. The molecule has 3 amide bonds. The van der Waals surface area contributed by atoms with E-state index in [0.29, 0.717) is 25.2 Å². The molecule has 2 aromatic heterocycles. The molecule has 2 N–H and O–H groups in total. The van der Waals surface area contributed by atoms with E-state index in [1.807, 2.05) is 32.9 Å². The Kier molecular flexibility index (Phi) is 8.21. The average Bonchev–Trinajstić information content (AvgIpc) is 2.84. The number of carbonyl (C=O) groups excluding carboxylic acids is 2. The second-order valence-corrected chi connectivity index (χ2v) is 8.55. The number of aromatic nitrogens is 2. The van der Waals surface area contributed by atoms with Gasteiger partial charge >= 0.3 is 6.03 Å². The SMILES string of the molecule is CCCNC(=O)N(C)C[C@H]1Oc2ncc(-c3ccncc3)cc2C(=O)N([C@@H](C)CO)C[C@@H]1C. The summed E-state index contributed by atoms with van der Waals surface area (Å²) in [5.41, 5.74) is 1.99. The molecular weight excluding hydrogens is 422 g/mol. The maximum Gasteiger partial charge on any atom is 0.317 e. The summed E-state index contributed by atoms with van der Waals surface area (Å²) in [6.45, 7) is 6.94. The molecule has 3 heterocycles. The highest BCUT2D eigenvalue weighted by Crippen LogP contribution is 2.30. The van der Waals surface area contributed by atoms with Crippen molar-refractivity contribution in [1.29, 1.82) is 0 Å². The molecule has 9 nitrogen and oxygen atoms in total. The van der Waals surface area contributed by atoms with Gasteiger partial charge < -0.3 is 25.0 Å². The topological polar surface area (TPSA) is 108 Å². The summed E-state index contributed by atoms with van der Waals surface area (Å²) in [4.78, 5) is 37.6. The molecule has 0 aromatic carbocycles. The van der Waals surface area contributed by atoms with Gasteiger partial charge in [0, 0.05) is 50.2 Å². The first kappa shape index (κ1) is 24.4. The molecule has 0 bridgehead atoms. The van der Waals surface area contributed by atoms with E-state index in [1.165, 1.54) is 0 Å². The van der Waals surface area contributed by atoms with Crippen LogP contribution in [-0.4, -0.2) is 82.2 Å². The van der Waals surface area contributed by atoms with Gasteiger partial charge in [0.15, 0.2) is 0 Å². The van der Waals surface area contributed by atoms with E-state index in [1.54, 1.807) is 41.5 Å². The first-order valence-corrected chi connectivity index (χ1v) is 11.3. The molecular formula is C24H33N5O4. The molecule has 0 unspecified atom stereocenters. The highest BCUT2D eigenvalue weighted by molar-refractivity contribution is 5.98. The fourth-order valence-electron chi connectivity index (χ4n) is 3.74. The van der Waals surface area contributed by atoms with Crippen molar-refractivity contribution in [2.24, 2.45) is 5.92 Å². The predicted octanol–water partition coefficient (Wildman–Crippen LogP) is 2.42. The highest BCUT2D eigenvalue weighted by atomic mass is 16.5. The number of hydrogen-bond acceptors (Lipinski definition) is 6. The van der Waals surface area contributed by atoms with E-state index in [9.17, 15) is 14.7 Å². The number of nitrogens with zero attached hydrogens (tertiary/aromatic N) is 4. The number of fused-ring (bicyclic) bond motifs is 1. The minimum absolute atomic E-state index is 0.0980. The fourth-order valence-corrected chi connectivity index (χ4v) is 3.74. The lowest BCUT2D eigenvalue weighted by Crippen LogP contribution is -2.51. The molecule has 0 aliphatic carbocycles. The third-order valence-corrected chi connectivity index (χ3v) is 5.86. The lowest BCUT2D eigenvalue weighted by molar-refractivity contribution is 0.0352. The first-order valence-electron chi connectivity index (χ1n) is 11.3. The molecule has 0 saturated carbocycles. The minimum atomic E-state index is -0.387. The van der Waals surface area contributed by atoms with E-state index >= 15 is 0 Å². The molecule has 9 heteroatoms. The van der Waals surface area contributed by atoms with Gasteiger partial charge in [-0.15, -0.1) is 0 Å². The number of urea groups is 1. The molecule has 2 aromatic rings. The summed E-state index contributed by atoms with van der Waals surface area (Å²) in [5.74, 6) is -0.111. The second kappa shape index (κ2) is 11.1. The van der Waals surface area contributed by atoms with Crippen LogP contribution in [0.4, 0.5) is 4.79 Å². The van der Waals surface area contributed by atoms with Crippen molar-refractivity contribution in [3.8, 4) is 17.0 Å². The quantitative estimate of drug-likeness (QED) is 0.664. The van der Waals surface area contributed by atoms with Crippen LogP contribution in [0.3, 0.4) is 0 Å². The Hall–Kier alpha value is -3.20. The van der Waals surface area contributed by atoms with Crippen LogP contribution >= 0.6 is 0 Å². The molecule has 0 radical (unpaired) electrons. The Labute approximate surface area is 194 Å². The summed E-state index contributed by atoms with van der Waals surface area (Å²) in [6, 6.07) is 4.91. The number of amides is 3. The summed E-state index contributed by atoms with van der Waals surface area (Å²) >= 11 is 0. The highest BCUT2D eigenvalue weighted by Gasteiger charge is 2.34. The second-order valence-electron chi connectivity index (χ2n) is 8.55. The summed E-state index contributed by atoms with van der Waals surface area (Å²) in [6.07, 6.45) is 5.50. The van der Waals surface area contributed by atoms with Gasteiger partial charge in [-0.2, -0.15) is 0 Å². The van der Waals surface area contributed by atoms with Crippen LogP contribution in [-0.2, 0) is 0 Å². The lowest BCUT2D eigenvalue weighted by Gasteiger charge is -2.37. The van der Waals surface area contributed by atoms with E-state index < -0.39 is 0 Å². The van der Waals surface area contributed by atoms with Gasteiger partial charge in [0.1, 0.15) is 11.7 Å². The molecule has 0 saturated heterocycles. The summed E-state index contributed by atoms with van der Waals surface area (Å²) in [5, 5.41) is 12.7. The van der Waals surface area contributed by atoms with Crippen LogP contribution in [0.5, 0.6) is 5.88 Å². The van der Waals surface area contributed by atoms with Gasteiger partial charge in [0.25, 0.3) is 5.91 Å². The standard InChI is InChI=1S/C24H33N5O4/c1-5-8-26-24(32)28(4)14-21-16(2)13-29(17(3)15-30)23(31)20-11-19(12-27-22(20)33-21)18-6-9-25-10-7-18/h6-7,9-12,16-17,21,30H,5,8,13-15H2,1-4H3,(H,26,32)/t16-,17-,21+/m0/s1. The molecule has 3 atom stereocenters. The van der Waals surface area contributed by atoms with Gasteiger partial charge in [-0.25, -0.2) is 9.78 Å². The van der Waals surface area contributed by atoms with Crippen molar-refractivity contribution in [2.75, 3.05) is 33.3 Å². The zero-order valence-corrected chi connectivity index (χ0v) is 19.7. The number of nitrogens with one attached hydrogen (secondary N) is 1. The monoisotopic (exact) mass is 455 g/mol. The number of pyridine rings is 2. The van der Waals surface area contributed by atoms with Crippen molar-refractivity contribution >= 4 is 11.9 Å². The number of ether oxygens (including phenoxy) is 1. The number of aliphatic hydroxyl groups excluding tert-OH is 1. The Bertz CT molecular complexity index is 955. The molecule has 1 aliphatic heterocycles. The van der Waals surface area contributed by atoms with Crippen molar-refractivity contribution < 1.29 is 19.4 Å². The maximum absolute atomic E-state index is 13.5. The molecule has 33 heavy (non-hydrogen) atoms. The van der Waals surface area contributed by atoms with Crippen LogP contribution < -0.4 is 10.1 Å². The number of rotatable bonds is 7. The van der Waals surface area contributed by atoms with Gasteiger partial charge in [0.2, 0.25) is 5.88 Å². The van der Waals surface area contributed by atoms with Gasteiger partial charge in [-0.05, 0) is 37.1 Å². The van der Waals surface area contributed by atoms with Crippen LogP contribution in [0.2, 0.25) is 0 Å². The van der Waals surface area contributed by atoms with E-state index in [0.717, 1.165) is 17.5 Å². The lowest BCUT2D eigenvalue weighted by atomic mass is 9.99. The van der Waals surface area contributed by atoms with Crippen LogP contribution in [0.1, 0.15) is 37.6 Å². The van der Waals surface area contributed by atoms with E-state index in [-0.39, 0.29) is 42.5 Å². The van der Waals surface area contributed by atoms with Crippen molar-refractivity contribution in [2.45, 2.75) is 39.3 Å². The van der Waals surface area contributed by atoms with Crippen molar-refractivity contribution in [1.82, 2.24) is 25.1 Å². The van der Waals surface area contributed by atoms with Gasteiger partial charge in [0.05, 0.1) is 19.2 Å². The van der Waals surface area contributed by atoms with Gasteiger partial charge in [-0.3, -0.25) is 9.78 Å². The molecule has 0 spiro atoms. The fraction of sp³-hybridized carbons (Fsp3) is 0.500. The number of carbonyl (C=O) groups is 2. The average molecular weight is 456 g/mol. The smallest absolute Gasteiger partial charge is 0.317 e. The Morgan fingerprint density at radius 3 is 2.76 bits per heavy atom. The van der Waals surface area contributed by atoms with E-state index in [2.05, 4.69) is 15.3 Å². The predicted molar refractivity (Wildman–Crippen MR) is 125 cm³/mol. The number of likely N-dealkylation sites (N-methyl/N-ethyl adjacent to an activating group) is 1. The molecule has 1 aliphatic rings. The Morgan fingerprint density at radius 2 is 2.09 bits per heavy atom. The largest absolute Gasteiger partial charge is 0.472 e. The summed E-state index contributed by atoms with van der Waals surface area (Å²) < 4.78 is 6.24. The molecule has 3 rings (SSSR count). The maximum atomic E-state index is 13.5.